The number of carbonyl (C=O) groups is 3. The van der Waals surface area contributed by atoms with Gasteiger partial charge in [0.15, 0.2) is 0 Å². The predicted octanol–water partition coefficient (Wildman–Crippen LogP) is 1.53. The molecule has 1 saturated heterocycles. The highest BCUT2D eigenvalue weighted by molar-refractivity contribution is 5.76. The van der Waals surface area contributed by atoms with E-state index in [4.69, 9.17) is 15.6 Å². The molecule has 0 aliphatic carbocycles. The van der Waals surface area contributed by atoms with Crippen LogP contribution in [-0.4, -0.2) is 47.3 Å². The first-order valence-electron chi connectivity index (χ1n) is 7.76. The number of primary amides is 1. The van der Waals surface area contributed by atoms with E-state index in [0.29, 0.717) is 12.0 Å². The highest BCUT2D eigenvalue weighted by atomic mass is 19.1. The Kier molecular flexibility index (Phi) is 5.79. The molecule has 8 nitrogen and oxygen atoms in total. The van der Waals surface area contributed by atoms with Crippen LogP contribution < -0.4 is 11.1 Å². The van der Waals surface area contributed by atoms with Crippen LogP contribution in [0.15, 0.2) is 18.2 Å². The normalized spacial score (nSPS) is 20.0. The second-order valence-corrected chi connectivity index (χ2v) is 5.85. The molecule has 2 atom stereocenters. The molecule has 0 aromatic heterocycles. The first kappa shape index (κ1) is 18.5. The zero-order valence-corrected chi connectivity index (χ0v) is 13.7. The third-order valence-corrected chi connectivity index (χ3v) is 4.09. The van der Waals surface area contributed by atoms with E-state index in [9.17, 15) is 18.8 Å². The summed E-state index contributed by atoms with van der Waals surface area (Å²) < 4.78 is 18.6. The first-order chi connectivity index (χ1) is 11.8. The topological polar surface area (TPSA) is 122 Å². The Morgan fingerprint density at radius 1 is 1.44 bits per heavy atom. The number of nitrogens with one attached hydrogen (secondary N) is 1. The van der Waals surface area contributed by atoms with E-state index < -0.39 is 36.8 Å². The maximum absolute atomic E-state index is 13.3. The second-order valence-electron chi connectivity index (χ2n) is 5.85. The summed E-state index contributed by atoms with van der Waals surface area (Å²) in [7, 11) is 0. The monoisotopic (exact) mass is 353 g/mol. The number of carboxylic acid groups (broad SMARTS) is 1. The molecule has 0 radical (unpaired) electrons. The maximum Gasteiger partial charge on any atom is 0.407 e. The molecule has 2 unspecified atom stereocenters. The lowest BCUT2D eigenvalue weighted by molar-refractivity contribution is -0.135. The third-order valence-electron chi connectivity index (χ3n) is 4.09. The van der Waals surface area contributed by atoms with E-state index in [2.05, 4.69) is 5.32 Å². The number of carbonyl (C=O) groups excluding carboxylic acids is 2. The molecule has 2 rings (SSSR count). The second kappa shape index (κ2) is 7.82. The zero-order valence-electron chi connectivity index (χ0n) is 13.7. The summed E-state index contributed by atoms with van der Waals surface area (Å²) >= 11 is 0. The van der Waals surface area contributed by atoms with Crippen LogP contribution in [0.1, 0.15) is 30.0 Å². The fourth-order valence-corrected chi connectivity index (χ4v) is 2.95. The number of halogens is 1. The number of nitrogens with two attached hydrogens (primary N) is 1. The highest BCUT2D eigenvalue weighted by Crippen LogP contribution is 2.34. The molecule has 1 fully saturated rings. The van der Waals surface area contributed by atoms with Crippen molar-refractivity contribution in [2.45, 2.75) is 31.9 Å². The largest absolute Gasteiger partial charge is 0.480 e. The number of hydrogen-bond acceptors (Lipinski definition) is 4. The van der Waals surface area contributed by atoms with Gasteiger partial charge in [0.1, 0.15) is 18.5 Å². The molecule has 1 aromatic rings. The molecule has 0 spiro atoms. The van der Waals surface area contributed by atoms with E-state index in [0.717, 1.165) is 5.56 Å². The van der Waals surface area contributed by atoms with Gasteiger partial charge in [-0.1, -0.05) is 6.07 Å². The van der Waals surface area contributed by atoms with Gasteiger partial charge in [-0.05, 0) is 30.2 Å². The molecule has 0 saturated carbocycles. The number of benzene rings is 1. The van der Waals surface area contributed by atoms with Crippen molar-refractivity contribution < 1.29 is 28.6 Å². The number of urea groups is 1. The lowest BCUT2D eigenvalue weighted by Gasteiger charge is -2.39. The van der Waals surface area contributed by atoms with Gasteiger partial charge in [-0.2, -0.15) is 0 Å². The minimum atomic E-state index is -1.18. The summed E-state index contributed by atoms with van der Waals surface area (Å²) in [5, 5.41) is 10.7. The number of aliphatic carboxylic acids is 1. The Labute approximate surface area is 143 Å². The number of alkyl carbamates (subject to hydrolysis) is 1. The number of nitrogens with zero attached hydrogens (tertiary/aromatic N) is 1. The van der Waals surface area contributed by atoms with Gasteiger partial charge in [0.2, 0.25) is 0 Å². The molecule has 3 amide bonds. The summed E-state index contributed by atoms with van der Waals surface area (Å²) in [5.41, 5.74) is 6.81. The molecule has 9 heteroatoms. The molecule has 25 heavy (non-hydrogen) atoms. The highest BCUT2D eigenvalue weighted by Gasteiger charge is 2.34. The summed E-state index contributed by atoms with van der Waals surface area (Å²) in [4.78, 5) is 35.3. The number of carboxylic acids is 1. The molecule has 1 heterocycles. The van der Waals surface area contributed by atoms with Gasteiger partial charge in [-0.25, -0.2) is 14.0 Å². The fourth-order valence-electron chi connectivity index (χ4n) is 2.95. The third kappa shape index (κ3) is 4.82. The van der Waals surface area contributed by atoms with Crippen LogP contribution in [0.25, 0.3) is 0 Å². The molecule has 4 N–H and O–H groups in total. The van der Waals surface area contributed by atoms with Crippen LogP contribution in [0.3, 0.4) is 0 Å². The van der Waals surface area contributed by atoms with Crippen LogP contribution in [0.2, 0.25) is 0 Å². The van der Waals surface area contributed by atoms with Gasteiger partial charge in [0.05, 0.1) is 6.04 Å². The minimum absolute atomic E-state index is 0.272. The Hall–Kier alpha value is -2.84. The van der Waals surface area contributed by atoms with Gasteiger partial charge < -0.3 is 25.8 Å². The smallest absolute Gasteiger partial charge is 0.407 e. The van der Waals surface area contributed by atoms with Crippen molar-refractivity contribution in [1.29, 1.82) is 0 Å². The van der Waals surface area contributed by atoms with Gasteiger partial charge in [-0.3, -0.25) is 4.79 Å². The Morgan fingerprint density at radius 2 is 2.16 bits per heavy atom. The minimum Gasteiger partial charge on any atom is -0.480 e. The number of ether oxygens (including phenoxy) is 1. The summed E-state index contributed by atoms with van der Waals surface area (Å²) in [6.45, 7) is 1.45. The summed E-state index contributed by atoms with van der Waals surface area (Å²) in [5.74, 6) is -1.57. The molecule has 136 valence electrons. The van der Waals surface area contributed by atoms with E-state index in [1.165, 1.54) is 17.0 Å². The van der Waals surface area contributed by atoms with Gasteiger partial charge in [0, 0.05) is 19.4 Å². The summed E-state index contributed by atoms with van der Waals surface area (Å²) in [6.07, 6.45) is -0.691. The number of rotatable bonds is 4. The van der Waals surface area contributed by atoms with Crippen molar-refractivity contribution in [2.24, 2.45) is 5.73 Å². The Balaban J connectivity index is 2.12. The Morgan fingerprint density at radius 3 is 2.76 bits per heavy atom. The standard InChI is InChI=1S/C16H20FN3O5/c1-9-6-10(17)2-3-12(9)13-7-11(4-5-20(13)15(18)23)25-16(24)19-8-14(21)22/h2-3,6,11,13H,4-5,7-8H2,1H3,(H2,18,23)(H,19,24)(H,21,22). The van der Waals surface area contributed by atoms with Crippen molar-refractivity contribution in [3.05, 3.63) is 35.1 Å². The summed E-state index contributed by atoms with van der Waals surface area (Å²) in [6, 6.07) is 3.18. The van der Waals surface area contributed by atoms with E-state index in [-0.39, 0.29) is 18.8 Å². The molecule has 1 aromatic carbocycles. The average Bonchev–Trinajstić information content (AvgIpc) is 2.52. The first-order valence-corrected chi connectivity index (χ1v) is 7.76. The quantitative estimate of drug-likeness (QED) is 0.758. The van der Waals surface area contributed by atoms with Crippen molar-refractivity contribution in [1.82, 2.24) is 10.2 Å². The van der Waals surface area contributed by atoms with Gasteiger partial charge >= 0.3 is 18.1 Å². The predicted molar refractivity (Wildman–Crippen MR) is 85.3 cm³/mol. The van der Waals surface area contributed by atoms with Crippen LogP contribution in [0.5, 0.6) is 0 Å². The van der Waals surface area contributed by atoms with Crippen molar-refractivity contribution in [2.75, 3.05) is 13.1 Å². The number of hydrogen-bond donors (Lipinski definition) is 3. The van der Waals surface area contributed by atoms with E-state index in [1.54, 1.807) is 13.0 Å². The van der Waals surface area contributed by atoms with E-state index in [1.807, 2.05) is 0 Å². The molecule has 1 aliphatic heterocycles. The lowest BCUT2D eigenvalue weighted by Crippen LogP contribution is -2.47. The van der Waals surface area contributed by atoms with Crippen molar-refractivity contribution in [3.63, 3.8) is 0 Å². The fraction of sp³-hybridized carbons (Fsp3) is 0.438. The number of amides is 3. The van der Waals surface area contributed by atoms with Crippen molar-refractivity contribution >= 4 is 18.1 Å². The van der Waals surface area contributed by atoms with Crippen LogP contribution in [0.4, 0.5) is 14.0 Å². The maximum atomic E-state index is 13.3. The van der Waals surface area contributed by atoms with E-state index >= 15 is 0 Å². The lowest BCUT2D eigenvalue weighted by atomic mass is 9.91. The van der Waals surface area contributed by atoms with Crippen LogP contribution >= 0.6 is 0 Å². The zero-order chi connectivity index (χ0) is 18.6. The van der Waals surface area contributed by atoms with Gasteiger partial charge in [-0.15, -0.1) is 0 Å². The SMILES string of the molecule is Cc1cc(F)ccc1C1CC(OC(=O)NCC(=O)O)CCN1C(N)=O. The Bertz CT molecular complexity index is 682. The molecular formula is C16H20FN3O5. The van der Waals surface area contributed by atoms with Crippen LogP contribution in [-0.2, 0) is 9.53 Å². The number of piperidine rings is 1. The number of likely N-dealkylation sites (tertiary alicyclic amines) is 1. The van der Waals surface area contributed by atoms with Gasteiger partial charge in [0.25, 0.3) is 0 Å². The van der Waals surface area contributed by atoms with Crippen molar-refractivity contribution in [3.8, 4) is 0 Å². The molecule has 0 bridgehead atoms. The molecule has 1 aliphatic rings. The van der Waals surface area contributed by atoms with Crippen LogP contribution in [0, 0.1) is 12.7 Å². The number of aryl methyl sites for hydroxylation is 1. The average molecular weight is 353 g/mol. The molecular weight excluding hydrogens is 333 g/mol.